The molecule has 0 atom stereocenters. The molecule has 6 heteroatoms. The molecule has 0 aliphatic carbocycles. The molecule has 1 N–H and O–H groups in total. The molecule has 138 valence electrons. The van der Waals surface area contributed by atoms with Crippen molar-refractivity contribution in [2.24, 2.45) is 7.05 Å². The van der Waals surface area contributed by atoms with Gasteiger partial charge in [0.15, 0.2) is 4.77 Å². The average Bonchev–Trinajstić information content (AvgIpc) is 3.04. The minimum absolute atomic E-state index is 0.166. The van der Waals surface area contributed by atoms with E-state index in [-0.39, 0.29) is 5.54 Å². The van der Waals surface area contributed by atoms with Gasteiger partial charge in [-0.1, -0.05) is 11.6 Å². The monoisotopic (exact) mass is 369 g/mol. The lowest BCUT2D eigenvalue weighted by molar-refractivity contribution is 0.130. The van der Waals surface area contributed by atoms with Crippen molar-refractivity contribution in [1.29, 1.82) is 0 Å². The smallest absolute Gasteiger partial charge is 0.194 e. The Bertz CT molecular complexity index is 1040. The number of rotatable bonds is 3. The summed E-state index contributed by atoms with van der Waals surface area (Å²) in [6, 6.07) is 6.83. The van der Waals surface area contributed by atoms with E-state index in [9.17, 15) is 0 Å². The minimum atomic E-state index is 0.166. The first kappa shape index (κ1) is 17.5. The Hall–Kier alpha value is -1.92. The molecule has 0 bridgehead atoms. The Labute approximate surface area is 159 Å². The second-order valence-electron chi connectivity index (χ2n) is 8.20. The highest BCUT2D eigenvalue weighted by molar-refractivity contribution is 7.71. The zero-order valence-corrected chi connectivity index (χ0v) is 17.1. The Morgan fingerprint density at radius 1 is 1.27 bits per heavy atom. The third kappa shape index (κ3) is 2.72. The molecule has 0 saturated heterocycles. The Balaban J connectivity index is 1.81. The molecule has 0 unspecified atom stereocenters. The van der Waals surface area contributed by atoms with E-state index in [1.54, 1.807) is 0 Å². The van der Waals surface area contributed by atoms with Crippen molar-refractivity contribution < 1.29 is 0 Å². The molecular formula is C20H27N5S. The predicted octanol–water partition coefficient (Wildman–Crippen LogP) is 3.75. The third-order valence-corrected chi connectivity index (χ3v) is 6.37. The number of nitrogens with zero attached hydrogens (tertiary/aromatic N) is 4. The summed E-state index contributed by atoms with van der Waals surface area (Å²) in [5.74, 6) is 1.00. The first-order chi connectivity index (χ1) is 12.3. The molecule has 2 aromatic heterocycles. The SMILES string of the molecule is Cc1ccc2c(c1)c1c(n2CCc2n[nH]c(=S)n2C)CC(C)(C)N(C)C1. The van der Waals surface area contributed by atoms with Crippen LogP contribution in [0, 0.1) is 11.7 Å². The molecule has 3 aromatic rings. The molecule has 0 saturated carbocycles. The normalized spacial score (nSPS) is 17.0. The molecule has 0 fully saturated rings. The second kappa shape index (κ2) is 6.06. The molecule has 26 heavy (non-hydrogen) atoms. The van der Waals surface area contributed by atoms with Gasteiger partial charge in [-0.05, 0) is 57.7 Å². The largest absolute Gasteiger partial charge is 0.344 e. The number of aromatic nitrogens is 4. The minimum Gasteiger partial charge on any atom is -0.344 e. The van der Waals surface area contributed by atoms with Crippen molar-refractivity contribution in [3.05, 3.63) is 45.6 Å². The molecule has 1 aliphatic rings. The standard InChI is InChI=1S/C20H27N5S/c1-13-6-7-16-14(10-13)15-12-23(4)20(2,3)11-17(15)25(16)9-8-18-21-22-19(26)24(18)5/h6-7,10H,8-9,11-12H2,1-5H3,(H,22,26). The van der Waals surface area contributed by atoms with E-state index in [4.69, 9.17) is 12.2 Å². The average molecular weight is 370 g/mol. The highest BCUT2D eigenvalue weighted by Crippen LogP contribution is 2.36. The van der Waals surface area contributed by atoms with Gasteiger partial charge < -0.3 is 9.13 Å². The Kier molecular flexibility index (Phi) is 4.08. The van der Waals surface area contributed by atoms with E-state index in [1.807, 2.05) is 11.6 Å². The van der Waals surface area contributed by atoms with Crippen LogP contribution in [0.5, 0.6) is 0 Å². The van der Waals surface area contributed by atoms with Crippen molar-refractivity contribution in [3.8, 4) is 0 Å². The van der Waals surface area contributed by atoms with Gasteiger partial charge in [0.2, 0.25) is 0 Å². The van der Waals surface area contributed by atoms with Crippen LogP contribution in [-0.4, -0.2) is 36.8 Å². The van der Waals surface area contributed by atoms with Gasteiger partial charge in [0.25, 0.3) is 0 Å². The van der Waals surface area contributed by atoms with Gasteiger partial charge in [-0.25, -0.2) is 0 Å². The lowest BCUT2D eigenvalue weighted by atomic mass is 9.89. The van der Waals surface area contributed by atoms with Gasteiger partial charge in [0, 0.05) is 55.1 Å². The quantitative estimate of drug-likeness (QED) is 0.715. The zero-order valence-electron chi connectivity index (χ0n) is 16.3. The van der Waals surface area contributed by atoms with E-state index in [0.29, 0.717) is 4.77 Å². The number of hydrogen-bond donors (Lipinski definition) is 1. The summed E-state index contributed by atoms with van der Waals surface area (Å²) in [6.07, 6.45) is 1.93. The lowest BCUT2D eigenvalue weighted by Crippen LogP contribution is -2.46. The van der Waals surface area contributed by atoms with Crippen LogP contribution in [0.4, 0.5) is 0 Å². The van der Waals surface area contributed by atoms with Crippen molar-refractivity contribution in [2.45, 2.75) is 52.2 Å². The number of nitrogens with one attached hydrogen (secondary N) is 1. The summed E-state index contributed by atoms with van der Waals surface area (Å²) < 4.78 is 5.16. The number of fused-ring (bicyclic) bond motifs is 3. The molecule has 0 radical (unpaired) electrons. The van der Waals surface area contributed by atoms with E-state index < -0.39 is 0 Å². The summed E-state index contributed by atoms with van der Waals surface area (Å²) in [6.45, 7) is 8.76. The molecule has 0 spiro atoms. The first-order valence-corrected chi connectivity index (χ1v) is 9.61. The fourth-order valence-corrected chi connectivity index (χ4v) is 4.19. The third-order valence-electron chi connectivity index (χ3n) is 6.00. The molecule has 1 aliphatic heterocycles. The van der Waals surface area contributed by atoms with Gasteiger partial charge in [0.05, 0.1) is 0 Å². The zero-order chi connectivity index (χ0) is 18.6. The molecule has 1 aromatic carbocycles. The molecule has 4 rings (SSSR count). The van der Waals surface area contributed by atoms with Gasteiger partial charge in [-0.2, -0.15) is 5.10 Å². The van der Waals surface area contributed by atoms with Gasteiger partial charge in [-0.3, -0.25) is 10.00 Å². The number of aromatic amines is 1. The van der Waals surface area contributed by atoms with Crippen LogP contribution < -0.4 is 0 Å². The maximum Gasteiger partial charge on any atom is 0.194 e. The summed E-state index contributed by atoms with van der Waals surface area (Å²) in [4.78, 5) is 2.47. The topological polar surface area (TPSA) is 41.8 Å². The van der Waals surface area contributed by atoms with Gasteiger partial charge >= 0.3 is 0 Å². The summed E-state index contributed by atoms with van der Waals surface area (Å²) in [5, 5.41) is 8.68. The Morgan fingerprint density at radius 3 is 2.73 bits per heavy atom. The fraction of sp³-hybridized carbons (Fsp3) is 0.500. The van der Waals surface area contributed by atoms with Crippen LogP contribution in [0.2, 0.25) is 0 Å². The van der Waals surface area contributed by atoms with Crippen LogP contribution in [0.3, 0.4) is 0 Å². The van der Waals surface area contributed by atoms with Crippen molar-refractivity contribution >= 4 is 23.1 Å². The van der Waals surface area contributed by atoms with E-state index in [2.05, 4.69) is 65.7 Å². The van der Waals surface area contributed by atoms with E-state index >= 15 is 0 Å². The predicted molar refractivity (Wildman–Crippen MR) is 108 cm³/mol. The van der Waals surface area contributed by atoms with Gasteiger partial charge in [-0.15, -0.1) is 0 Å². The second-order valence-corrected chi connectivity index (χ2v) is 8.58. The van der Waals surface area contributed by atoms with Crippen LogP contribution in [0.1, 0.15) is 36.5 Å². The molecular weight excluding hydrogens is 342 g/mol. The first-order valence-electron chi connectivity index (χ1n) is 9.20. The molecule has 0 amide bonds. The number of hydrogen-bond acceptors (Lipinski definition) is 3. The number of likely N-dealkylation sites (N-methyl/N-ethyl adjacent to an activating group) is 1. The van der Waals surface area contributed by atoms with Gasteiger partial charge in [0.1, 0.15) is 5.82 Å². The van der Waals surface area contributed by atoms with Crippen LogP contribution in [-0.2, 0) is 33.0 Å². The maximum absolute atomic E-state index is 5.25. The summed E-state index contributed by atoms with van der Waals surface area (Å²) >= 11 is 5.25. The summed E-state index contributed by atoms with van der Waals surface area (Å²) in [5.41, 5.74) is 5.79. The fourth-order valence-electron chi connectivity index (χ4n) is 4.04. The number of benzene rings is 1. The number of aryl methyl sites for hydroxylation is 3. The van der Waals surface area contributed by atoms with Crippen LogP contribution in [0.25, 0.3) is 10.9 Å². The van der Waals surface area contributed by atoms with Crippen molar-refractivity contribution in [3.63, 3.8) is 0 Å². The van der Waals surface area contributed by atoms with Crippen LogP contribution >= 0.6 is 12.2 Å². The van der Waals surface area contributed by atoms with E-state index in [0.717, 1.165) is 31.8 Å². The lowest BCUT2D eigenvalue weighted by Gasteiger charge is -2.40. The maximum atomic E-state index is 5.25. The molecule has 3 heterocycles. The Morgan fingerprint density at radius 2 is 2.04 bits per heavy atom. The van der Waals surface area contributed by atoms with Crippen LogP contribution in [0.15, 0.2) is 18.2 Å². The number of H-pyrrole nitrogens is 1. The highest BCUT2D eigenvalue weighted by Gasteiger charge is 2.34. The summed E-state index contributed by atoms with van der Waals surface area (Å²) in [7, 11) is 4.21. The van der Waals surface area contributed by atoms with Crippen molar-refractivity contribution in [2.75, 3.05) is 7.05 Å². The molecule has 5 nitrogen and oxygen atoms in total. The van der Waals surface area contributed by atoms with Crippen molar-refractivity contribution in [1.82, 2.24) is 24.2 Å². The van der Waals surface area contributed by atoms with E-state index in [1.165, 1.54) is 27.7 Å². The highest BCUT2D eigenvalue weighted by atomic mass is 32.1.